The van der Waals surface area contributed by atoms with Gasteiger partial charge >= 0.3 is 24.2 Å². The Hall–Kier alpha value is -4.39. The molecule has 0 aromatic carbocycles. The van der Waals surface area contributed by atoms with Gasteiger partial charge in [-0.3, -0.25) is 19.2 Å². The number of amides is 7. The maximum absolute atomic E-state index is 9.96. The van der Waals surface area contributed by atoms with E-state index in [9.17, 15) is 33.6 Å². The first kappa shape index (κ1) is 69.4. The topological polar surface area (TPSA) is 253 Å². The Labute approximate surface area is 284 Å². The first-order valence-corrected chi connectivity index (χ1v) is 13.7. The lowest BCUT2D eigenvalue weighted by Crippen LogP contribution is -2.28. The van der Waals surface area contributed by atoms with Crippen molar-refractivity contribution in [3.63, 3.8) is 0 Å². The molecule has 0 spiro atoms. The second kappa shape index (κ2) is 78.3. The Morgan fingerprint density at radius 2 is 0.574 bits per heavy atom. The van der Waals surface area contributed by atoms with E-state index in [4.69, 9.17) is 0 Å². The summed E-state index contributed by atoms with van der Waals surface area (Å²) in [6.45, 7) is 10.0. The third-order valence-corrected chi connectivity index (χ3v) is 2.58. The molecule has 0 fully saturated rings. The number of nitrogens with one attached hydrogen (secondary N) is 8. The molecule has 0 aliphatic carbocycles. The standard InChI is InChI=1S/C3H8N2O.2C3H7NO2.3C3H7NO.C3H6O2.C3H8.C2H7N.C2H6O/c1-4-3(6)5-2;2*1-4-3(5)6-2;3*1-3(5)4-2;1-3(4)5-2;3*1-3-2/h1-2H3,(H2,4,5,6);2*1-2H3,(H,4,5);3*1-2H3,(H,4,5);1-2H3;3H2,1-2H3;3H,1-2H3;1-2H3. The highest BCUT2D eigenvalue weighted by molar-refractivity contribution is 5.73. The SMILES string of the molecule is CCC.CNC.CNC(=O)NC.CNC(=O)OC.CNC(=O)OC.CNC(C)=O.CNC(C)=O.CNC(C)=O.COC.COC(C)=O. The Kier molecular flexibility index (Phi) is 116. The summed E-state index contributed by atoms with van der Waals surface area (Å²) in [7, 11) is 21.9. The number of methoxy groups -OCH3 is 4. The molecule has 0 unspecified atom stereocenters. The molecule has 0 aliphatic heterocycles. The number of ether oxygens (including phenoxy) is 4. The van der Waals surface area contributed by atoms with Crippen LogP contribution in [0.15, 0.2) is 0 Å². The van der Waals surface area contributed by atoms with Crippen LogP contribution in [0.4, 0.5) is 14.4 Å². The number of carbonyl (C=O) groups excluding carboxylic acids is 7. The van der Waals surface area contributed by atoms with Crippen molar-refractivity contribution in [3.05, 3.63) is 0 Å². The predicted molar refractivity (Wildman–Crippen MR) is 187 cm³/mol. The summed E-state index contributed by atoms with van der Waals surface area (Å²) in [5.41, 5.74) is 0. The summed E-state index contributed by atoms with van der Waals surface area (Å²) in [5, 5.41) is 19.2. The molecule has 0 aromatic rings. The Bertz CT molecular complexity index is 556. The van der Waals surface area contributed by atoms with Gasteiger partial charge in [0.15, 0.2) is 0 Å². The molecule has 8 N–H and O–H groups in total. The third kappa shape index (κ3) is 268. The minimum atomic E-state index is -0.407. The van der Waals surface area contributed by atoms with Gasteiger partial charge in [0.1, 0.15) is 0 Å². The molecule has 0 bridgehead atoms. The van der Waals surface area contributed by atoms with Crippen LogP contribution in [0.1, 0.15) is 48.0 Å². The molecule has 19 nitrogen and oxygen atoms in total. The number of esters is 1. The Morgan fingerprint density at radius 1 is 0.426 bits per heavy atom. The van der Waals surface area contributed by atoms with E-state index in [-0.39, 0.29) is 29.7 Å². The number of alkyl carbamates (subject to hydrolysis) is 2. The monoisotopic (exact) mass is 695 g/mol. The first-order chi connectivity index (χ1) is 21.7. The molecule has 0 rings (SSSR count). The van der Waals surface area contributed by atoms with Gasteiger partial charge in [-0.1, -0.05) is 20.3 Å². The van der Waals surface area contributed by atoms with Crippen molar-refractivity contribution in [2.24, 2.45) is 0 Å². The van der Waals surface area contributed by atoms with Gasteiger partial charge in [0.25, 0.3) is 0 Å². The second-order valence-corrected chi connectivity index (χ2v) is 7.04. The molecule has 19 heteroatoms. The number of hydrogen-bond acceptors (Lipinski definition) is 12. The number of carbonyl (C=O) groups is 7. The molecular weight excluding hydrogens is 624 g/mol. The van der Waals surface area contributed by atoms with Crippen LogP contribution in [-0.4, -0.2) is 141 Å². The van der Waals surface area contributed by atoms with E-state index in [2.05, 4.69) is 75.3 Å². The molecule has 0 aliphatic rings. The minimum absolute atomic E-state index is 0.00463. The lowest BCUT2D eigenvalue weighted by Gasteiger charge is -1.91. The van der Waals surface area contributed by atoms with Crippen LogP contribution >= 0.6 is 0 Å². The average molecular weight is 695 g/mol. The lowest BCUT2D eigenvalue weighted by atomic mass is 10.6. The molecule has 0 aromatic heterocycles. The Balaban J connectivity index is -0.0000000408. The van der Waals surface area contributed by atoms with Crippen LogP contribution < -0.4 is 42.5 Å². The summed E-state index contributed by atoms with van der Waals surface area (Å²) in [6.07, 6.45) is 0.435. The molecule has 0 saturated carbocycles. The van der Waals surface area contributed by atoms with E-state index in [0.717, 1.165) is 0 Å². The lowest BCUT2D eigenvalue weighted by molar-refractivity contribution is -0.138. The van der Waals surface area contributed by atoms with Crippen LogP contribution in [0.5, 0.6) is 0 Å². The average Bonchev–Trinajstić information content (AvgIpc) is 3.06. The van der Waals surface area contributed by atoms with E-state index in [0.29, 0.717) is 0 Å². The van der Waals surface area contributed by atoms with Crippen LogP contribution in [-0.2, 0) is 38.1 Å². The minimum Gasteiger partial charge on any atom is -0.469 e. The van der Waals surface area contributed by atoms with Gasteiger partial charge in [0.2, 0.25) is 17.7 Å². The number of rotatable bonds is 0. The highest BCUT2D eigenvalue weighted by Crippen LogP contribution is 1.63. The molecule has 0 heterocycles. The maximum atomic E-state index is 9.96. The summed E-state index contributed by atoms with van der Waals surface area (Å²) < 4.78 is 16.7. The normalized spacial score (nSPS) is 6.72. The van der Waals surface area contributed by atoms with Gasteiger partial charge in [0.05, 0.1) is 21.3 Å². The van der Waals surface area contributed by atoms with E-state index in [1.54, 1.807) is 49.5 Å². The summed E-state index contributed by atoms with van der Waals surface area (Å²) >= 11 is 0. The number of urea groups is 1. The van der Waals surface area contributed by atoms with E-state index in [1.807, 2.05) is 14.1 Å². The summed E-state index contributed by atoms with van der Waals surface area (Å²) in [5.74, 6) is -0.231. The van der Waals surface area contributed by atoms with Crippen molar-refractivity contribution in [2.45, 2.75) is 48.0 Å². The molecule has 0 atom stereocenters. The fourth-order valence-electron chi connectivity index (χ4n) is 0.329. The second-order valence-electron chi connectivity index (χ2n) is 7.04. The van der Waals surface area contributed by atoms with Gasteiger partial charge < -0.3 is 61.5 Å². The molecule has 7 amide bonds. The van der Waals surface area contributed by atoms with Crippen molar-refractivity contribution < 1.29 is 52.5 Å². The number of hydrogen-bond donors (Lipinski definition) is 8. The zero-order valence-electron chi connectivity index (χ0n) is 32.7. The fraction of sp³-hybridized carbons (Fsp3) is 0.750. The van der Waals surface area contributed by atoms with Gasteiger partial charge in [-0.15, -0.1) is 0 Å². The van der Waals surface area contributed by atoms with Crippen LogP contribution in [0.3, 0.4) is 0 Å². The zero-order valence-corrected chi connectivity index (χ0v) is 32.7. The van der Waals surface area contributed by atoms with E-state index in [1.165, 1.54) is 69.5 Å². The van der Waals surface area contributed by atoms with Crippen LogP contribution in [0, 0.1) is 0 Å². The largest absolute Gasteiger partial charge is 0.469 e. The molecule has 47 heavy (non-hydrogen) atoms. The van der Waals surface area contributed by atoms with Gasteiger partial charge in [-0.05, 0) is 14.1 Å². The maximum Gasteiger partial charge on any atom is 0.406 e. The van der Waals surface area contributed by atoms with Crippen LogP contribution in [0.2, 0.25) is 0 Å². The van der Waals surface area contributed by atoms with E-state index < -0.39 is 12.2 Å². The molecule has 0 radical (unpaired) electrons. The zero-order chi connectivity index (χ0) is 40.2. The molecule has 0 saturated heterocycles. The van der Waals surface area contributed by atoms with E-state index >= 15 is 0 Å². The van der Waals surface area contributed by atoms with Crippen molar-refractivity contribution >= 4 is 41.9 Å². The highest BCUT2D eigenvalue weighted by atomic mass is 16.5. The van der Waals surface area contributed by atoms with Gasteiger partial charge in [0, 0.05) is 91.2 Å². The quantitative estimate of drug-likeness (QED) is 0.127. The Morgan fingerprint density at radius 3 is 0.574 bits per heavy atom. The predicted octanol–water partition coefficient (Wildman–Crippen LogP) is 0.440. The summed E-state index contributed by atoms with van der Waals surface area (Å²) in [6, 6.07) is -0.157. The highest BCUT2D eigenvalue weighted by Gasteiger charge is 1.85. The first-order valence-electron chi connectivity index (χ1n) is 13.7. The molecule has 288 valence electrons. The third-order valence-electron chi connectivity index (χ3n) is 2.58. The van der Waals surface area contributed by atoms with Crippen molar-refractivity contribution in [2.75, 3.05) is 99.0 Å². The van der Waals surface area contributed by atoms with Crippen molar-refractivity contribution in [3.8, 4) is 0 Å². The smallest absolute Gasteiger partial charge is 0.406 e. The van der Waals surface area contributed by atoms with Crippen molar-refractivity contribution in [1.82, 2.24) is 42.5 Å². The van der Waals surface area contributed by atoms with Gasteiger partial charge in [-0.25, -0.2) is 14.4 Å². The summed E-state index contributed by atoms with van der Waals surface area (Å²) in [4.78, 5) is 68.3. The van der Waals surface area contributed by atoms with Crippen LogP contribution in [0.25, 0.3) is 0 Å². The van der Waals surface area contributed by atoms with Crippen molar-refractivity contribution in [1.29, 1.82) is 0 Å². The fourth-order valence-corrected chi connectivity index (χ4v) is 0.329. The van der Waals surface area contributed by atoms with Gasteiger partial charge in [-0.2, -0.15) is 0 Å². The molecular formula is C28H70N8O11.